The maximum absolute atomic E-state index is 2.85. The molecule has 2 heterocycles. The van der Waals surface area contributed by atoms with E-state index in [2.05, 4.69) is 4.90 Å². The molecule has 0 aromatic heterocycles. The smallest absolute Gasteiger partial charge is 0.00988 e. The van der Waals surface area contributed by atoms with Crippen molar-refractivity contribution in [3.63, 3.8) is 0 Å². The maximum Gasteiger partial charge on any atom is 0.00988 e. The molecule has 1 aliphatic carbocycles. The lowest BCUT2D eigenvalue weighted by Crippen LogP contribution is -2.40. The van der Waals surface area contributed by atoms with Gasteiger partial charge in [-0.2, -0.15) is 0 Å². The Morgan fingerprint density at radius 1 is 0.846 bits per heavy atom. The first kappa shape index (κ1) is 9.79. The van der Waals surface area contributed by atoms with Crippen LogP contribution in [0.5, 0.6) is 0 Å². The third-order valence-corrected chi connectivity index (χ3v) is 4.01. The molecule has 1 saturated carbocycles. The van der Waals surface area contributed by atoms with Crippen molar-refractivity contribution in [2.75, 3.05) is 6.54 Å². The zero-order valence-electron chi connectivity index (χ0n) is 8.24. The SMILES string of the molecule is C1CC2CCC(C1)N2CC1CC1.Cl. The summed E-state index contributed by atoms with van der Waals surface area (Å²) < 4.78 is 0. The molecule has 2 heteroatoms. The van der Waals surface area contributed by atoms with Crippen LogP contribution in [0.25, 0.3) is 0 Å². The van der Waals surface area contributed by atoms with E-state index in [1.807, 2.05) is 0 Å². The highest BCUT2D eigenvalue weighted by molar-refractivity contribution is 5.85. The number of piperidine rings is 1. The van der Waals surface area contributed by atoms with E-state index < -0.39 is 0 Å². The van der Waals surface area contributed by atoms with Gasteiger partial charge in [-0.25, -0.2) is 0 Å². The fourth-order valence-corrected chi connectivity index (χ4v) is 3.12. The fourth-order valence-electron chi connectivity index (χ4n) is 3.12. The third kappa shape index (κ3) is 1.87. The molecule has 2 unspecified atom stereocenters. The summed E-state index contributed by atoms with van der Waals surface area (Å²) in [5, 5.41) is 0. The summed E-state index contributed by atoms with van der Waals surface area (Å²) in [6.45, 7) is 1.45. The van der Waals surface area contributed by atoms with Gasteiger partial charge in [0.1, 0.15) is 0 Å². The quantitative estimate of drug-likeness (QED) is 0.664. The molecule has 2 bridgehead atoms. The molecule has 2 atom stereocenters. The first-order valence-electron chi connectivity index (χ1n) is 5.69. The van der Waals surface area contributed by atoms with Gasteiger partial charge in [-0.3, -0.25) is 4.90 Å². The number of hydrogen-bond acceptors (Lipinski definition) is 1. The summed E-state index contributed by atoms with van der Waals surface area (Å²) in [6, 6.07) is 2.01. The lowest BCUT2D eigenvalue weighted by Gasteiger charge is -2.34. The standard InChI is InChI=1S/C11H19N.ClH/c1-2-10-6-7-11(3-1)12(10)8-9-4-5-9;/h9-11H,1-8H2;1H. The maximum atomic E-state index is 2.85. The van der Waals surface area contributed by atoms with Crippen LogP contribution in [-0.2, 0) is 0 Å². The molecule has 2 aliphatic heterocycles. The molecule has 0 amide bonds. The third-order valence-electron chi connectivity index (χ3n) is 4.01. The molecule has 3 aliphatic rings. The van der Waals surface area contributed by atoms with Gasteiger partial charge in [-0.1, -0.05) is 6.42 Å². The van der Waals surface area contributed by atoms with Gasteiger partial charge >= 0.3 is 0 Å². The predicted molar refractivity (Wildman–Crippen MR) is 57.3 cm³/mol. The lowest BCUT2D eigenvalue weighted by atomic mass is 10.0. The van der Waals surface area contributed by atoms with E-state index in [-0.39, 0.29) is 12.4 Å². The minimum atomic E-state index is 0. The van der Waals surface area contributed by atoms with Crippen molar-refractivity contribution in [1.82, 2.24) is 4.90 Å². The van der Waals surface area contributed by atoms with E-state index >= 15 is 0 Å². The van der Waals surface area contributed by atoms with Gasteiger partial charge in [0, 0.05) is 18.6 Å². The number of fused-ring (bicyclic) bond motifs is 2. The highest BCUT2D eigenvalue weighted by Gasteiger charge is 2.38. The number of nitrogens with zero attached hydrogens (tertiary/aromatic N) is 1. The van der Waals surface area contributed by atoms with Gasteiger partial charge in [0.25, 0.3) is 0 Å². The van der Waals surface area contributed by atoms with Crippen LogP contribution in [0, 0.1) is 5.92 Å². The number of hydrogen-bond donors (Lipinski definition) is 0. The first-order chi connectivity index (χ1) is 5.93. The minimum absolute atomic E-state index is 0. The second-order valence-corrected chi connectivity index (χ2v) is 4.96. The largest absolute Gasteiger partial charge is 0.297 e. The van der Waals surface area contributed by atoms with Gasteiger partial charge in [-0.15, -0.1) is 12.4 Å². The topological polar surface area (TPSA) is 3.24 Å². The molecular weight excluding hydrogens is 182 g/mol. The number of halogens is 1. The van der Waals surface area contributed by atoms with Crippen LogP contribution in [-0.4, -0.2) is 23.5 Å². The Labute approximate surface area is 87.3 Å². The first-order valence-corrected chi connectivity index (χ1v) is 5.69. The zero-order valence-corrected chi connectivity index (χ0v) is 9.06. The fraction of sp³-hybridized carbons (Fsp3) is 1.00. The highest BCUT2D eigenvalue weighted by atomic mass is 35.5. The molecule has 13 heavy (non-hydrogen) atoms. The van der Waals surface area contributed by atoms with Gasteiger partial charge < -0.3 is 0 Å². The molecule has 1 nitrogen and oxygen atoms in total. The van der Waals surface area contributed by atoms with Crippen molar-refractivity contribution in [1.29, 1.82) is 0 Å². The van der Waals surface area contributed by atoms with E-state index in [0.717, 1.165) is 18.0 Å². The van der Waals surface area contributed by atoms with Crippen molar-refractivity contribution in [2.24, 2.45) is 5.92 Å². The summed E-state index contributed by atoms with van der Waals surface area (Å²) in [5.74, 6) is 1.10. The van der Waals surface area contributed by atoms with E-state index in [1.165, 1.54) is 51.5 Å². The highest BCUT2D eigenvalue weighted by Crippen LogP contribution is 2.39. The Hall–Kier alpha value is 0.250. The molecule has 0 spiro atoms. The molecule has 0 aromatic carbocycles. The second kappa shape index (κ2) is 3.78. The van der Waals surface area contributed by atoms with Crippen LogP contribution in [0.15, 0.2) is 0 Å². The molecule has 76 valence electrons. The van der Waals surface area contributed by atoms with Crippen LogP contribution in [0.2, 0.25) is 0 Å². The summed E-state index contributed by atoms with van der Waals surface area (Å²) in [7, 11) is 0. The second-order valence-electron chi connectivity index (χ2n) is 4.96. The molecule has 0 N–H and O–H groups in total. The molecular formula is C11H20ClN. The van der Waals surface area contributed by atoms with Crippen LogP contribution in [0.1, 0.15) is 44.9 Å². The summed E-state index contributed by atoms with van der Waals surface area (Å²) in [5.41, 5.74) is 0. The molecule has 2 saturated heterocycles. The average Bonchev–Trinajstić information content (AvgIpc) is 2.81. The Kier molecular flexibility index (Phi) is 2.85. The molecule has 0 aromatic rings. The summed E-state index contributed by atoms with van der Waals surface area (Å²) >= 11 is 0. The van der Waals surface area contributed by atoms with Gasteiger partial charge in [0.15, 0.2) is 0 Å². The molecule has 0 radical (unpaired) electrons. The van der Waals surface area contributed by atoms with Crippen molar-refractivity contribution in [3.8, 4) is 0 Å². The molecule has 3 fully saturated rings. The van der Waals surface area contributed by atoms with Crippen molar-refractivity contribution in [2.45, 2.75) is 57.0 Å². The van der Waals surface area contributed by atoms with E-state index in [1.54, 1.807) is 0 Å². The van der Waals surface area contributed by atoms with Crippen LogP contribution in [0.3, 0.4) is 0 Å². The van der Waals surface area contributed by atoms with E-state index in [4.69, 9.17) is 0 Å². The summed E-state index contributed by atoms with van der Waals surface area (Å²) in [4.78, 5) is 2.85. The Morgan fingerprint density at radius 2 is 1.46 bits per heavy atom. The Morgan fingerprint density at radius 3 is 2.00 bits per heavy atom. The van der Waals surface area contributed by atoms with Gasteiger partial charge in [0.05, 0.1) is 0 Å². The van der Waals surface area contributed by atoms with Crippen molar-refractivity contribution < 1.29 is 0 Å². The van der Waals surface area contributed by atoms with Crippen LogP contribution < -0.4 is 0 Å². The van der Waals surface area contributed by atoms with Crippen LogP contribution in [0.4, 0.5) is 0 Å². The normalized spacial score (nSPS) is 38.8. The van der Waals surface area contributed by atoms with Crippen molar-refractivity contribution in [3.05, 3.63) is 0 Å². The van der Waals surface area contributed by atoms with E-state index in [9.17, 15) is 0 Å². The average molecular weight is 202 g/mol. The Bertz CT molecular complexity index is 163. The lowest BCUT2D eigenvalue weighted by molar-refractivity contribution is 0.134. The Balaban J connectivity index is 0.000000653. The van der Waals surface area contributed by atoms with Crippen molar-refractivity contribution >= 4 is 12.4 Å². The minimum Gasteiger partial charge on any atom is -0.297 e. The van der Waals surface area contributed by atoms with Gasteiger partial charge in [-0.05, 0) is 44.4 Å². The monoisotopic (exact) mass is 201 g/mol. The zero-order chi connectivity index (χ0) is 7.97. The summed E-state index contributed by atoms with van der Waals surface area (Å²) in [6.07, 6.45) is 10.6. The molecule has 3 rings (SSSR count). The van der Waals surface area contributed by atoms with Crippen LogP contribution >= 0.6 is 12.4 Å². The number of rotatable bonds is 2. The van der Waals surface area contributed by atoms with E-state index in [0.29, 0.717) is 0 Å². The predicted octanol–water partition coefficient (Wildman–Crippen LogP) is 2.84. The van der Waals surface area contributed by atoms with Gasteiger partial charge in [0.2, 0.25) is 0 Å².